The Bertz CT molecular complexity index is 260. The van der Waals surface area contributed by atoms with Crippen LogP contribution in [0.4, 0.5) is 0 Å². The van der Waals surface area contributed by atoms with Crippen LogP contribution in [0.1, 0.15) is 25.7 Å². The van der Waals surface area contributed by atoms with Crippen LogP contribution in [-0.4, -0.2) is 60.6 Å². The molecule has 0 atom stereocenters. The van der Waals surface area contributed by atoms with Crippen LogP contribution in [-0.2, 0) is 25.9 Å². The van der Waals surface area contributed by atoms with Crippen molar-refractivity contribution in [3.05, 3.63) is 0 Å². The second-order valence-corrected chi connectivity index (χ2v) is 5.53. The van der Waals surface area contributed by atoms with E-state index < -0.39 is 0 Å². The average molecular weight is 424 g/mol. The first-order valence-corrected chi connectivity index (χ1v) is 6.79. The quantitative estimate of drug-likeness (QED) is 0.705. The molecule has 0 radical (unpaired) electrons. The van der Waals surface area contributed by atoms with Crippen LogP contribution in [0.15, 0.2) is 0 Å². The Morgan fingerprint density at radius 1 is 1.11 bits per heavy atom. The van der Waals surface area contributed by atoms with Crippen LogP contribution >= 0.6 is 0 Å². The third kappa shape index (κ3) is 4.04. The molecule has 0 saturated carbocycles. The number of carbonyl (C=O) groups excluding carboxylic acids is 1. The topological polar surface area (TPSA) is 43.8 Å². The molecule has 104 valence electrons. The first kappa shape index (κ1) is 16.1. The molecule has 1 amide bonds. The van der Waals surface area contributed by atoms with E-state index in [1.807, 2.05) is 4.90 Å². The van der Waals surface area contributed by atoms with Gasteiger partial charge in [0.05, 0.1) is 0 Å². The zero-order chi connectivity index (χ0) is 12.3. The maximum atomic E-state index is 12.3. The molecule has 2 rings (SSSR count). The van der Waals surface area contributed by atoms with E-state index in [0.29, 0.717) is 11.8 Å². The fourth-order valence-corrected chi connectivity index (χ4v) is 2.85. The van der Waals surface area contributed by atoms with E-state index in [4.69, 9.17) is 5.11 Å². The van der Waals surface area contributed by atoms with E-state index in [0.717, 1.165) is 51.9 Å². The molecule has 0 aromatic rings. The largest absolute Gasteiger partial charge is 0.396 e. The minimum absolute atomic E-state index is 0. The Kier molecular flexibility index (Phi) is 6.83. The van der Waals surface area contributed by atoms with Crippen LogP contribution in [0.3, 0.4) is 0 Å². The number of aliphatic hydroxyl groups is 1. The van der Waals surface area contributed by atoms with Gasteiger partial charge in [0.25, 0.3) is 0 Å². The van der Waals surface area contributed by atoms with Gasteiger partial charge in [-0.25, -0.2) is 0 Å². The van der Waals surface area contributed by atoms with E-state index in [1.165, 1.54) is 0 Å². The number of hydrogen-bond donors (Lipinski definition) is 1. The number of likely N-dealkylation sites (tertiary alicyclic amines) is 2. The minimum atomic E-state index is 0. The summed E-state index contributed by atoms with van der Waals surface area (Å²) in [5.41, 5.74) is 0. The fraction of sp³-hybridized carbons (Fsp3) is 0.923. The molecule has 0 bridgehead atoms. The van der Waals surface area contributed by atoms with Crippen molar-refractivity contribution in [1.82, 2.24) is 9.80 Å². The standard InChI is InChI=1S/C13H24N2O2.W/c1-14-6-4-12(5-7-14)13(17)15-8-2-11(10-16)3-9-15;/h11-12,16H,2-10H2,1H3;. The van der Waals surface area contributed by atoms with E-state index in [2.05, 4.69) is 11.9 Å². The van der Waals surface area contributed by atoms with Crippen molar-refractivity contribution in [3.63, 3.8) is 0 Å². The van der Waals surface area contributed by atoms with Gasteiger partial charge in [-0.2, -0.15) is 0 Å². The molecule has 18 heavy (non-hydrogen) atoms. The van der Waals surface area contributed by atoms with Gasteiger partial charge in [0.2, 0.25) is 5.91 Å². The number of hydrogen-bond acceptors (Lipinski definition) is 3. The number of amides is 1. The molecule has 0 aromatic heterocycles. The molecule has 1 N–H and O–H groups in total. The van der Waals surface area contributed by atoms with Gasteiger partial charge in [-0.15, -0.1) is 0 Å². The van der Waals surface area contributed by atoms with Gasteiger partial charge in [0.15, 0.2) is 0 Å². The van der Waals surface area contributed by atoms with Gasteiger partial charge in [-0.3, -0.25) is 4.79 Å². The molecule has 4 nitrogen and oxygen atoms in total. The smallest absolute Gasteiger partial charge is 0.225 e. The van der Waals surface area contributed by atoms with E-state index in [-0.39, 0.29) is 33.6 Å². The predicted octanol–water partition coefficient (Wildman–Crippen LogP) is 0.557. The molecular weight excluding hydrogens is 400 g/mol. The summed E-state index contributed by atoms with van der Waals surface area (Å²) in [4.78, 5) is 16.6. The van der Waals surface area contributed by atoms with Crippen molar-refractivity contribution < 1.29 is 31.0 Å². The van der Waals surface area contributed by atoms with E-state index >= 15 is 0 Å². The van der Waals surface area contributed by atoms with Crippen LogP contribution < -0.4 is 0 Å². The fourth-order valence-electron chi connectivity index (χ4n) is 2.85. The summed E-state index contributed by atoms with van der Waals surface area (Å²) in [6.07, 6.45) is 3.95. The average Bonchev–Trinajstić information content (AvgIpc) is 2.39. The molecule has 5 heteroatoms. The second kappa shape index (κ2) is 7.62. The van der Waals surface area contributed by atoms with Gasteiger partial charge < -0.3 is 14.9 Å². The Hall–Kier alpha value is 0.0783. The first-order chi connectivity index (χ1) is 8.20. The third-order valence-electron chi connectivity index (χ3n) is 4.25. The van der Waals surface area contributed by atoms with Crippen molar-refractivity contribution in [1.29, 1.82) is 0 Å². The number of piperidine rings is 2. The van der Waals surface area contributed by atoms with Crippen molar-refractivity contribution in [2.75, 3.05) is 39.8 Å². The maximum Gasteiger partial charge on any atom is 0.225 e. The normalized spacial score (nSPS) is 23.8. The summed E-state index contributed by atoms with van der Waals surface area (Å²) in [5, 5.41) is 9.08. The summed E-state index contributed by atoms with van der Waals surface area (Å²) in [6.45, 7) is 4.05. The summed E-state index contributed by atoms with van der Waals surface area (Å²) in [7, 11) is 2.12. The predicted molar refractivity (Wildman–Crippen MR) is 66.6 cm³/mol. The Balaban J connectivity index is 0.00000162. The molecule has 2 fully saturated rings. The zero-order valence-electron chi connectivity index (χ0n) is 11.2. The van der Waals surface area contributed by atoms with Crippen LogP contribution in [0.2, 0.25) is 0 Å². The van der Waals surface area contributed by atoms with Gasteiger partial charge in [-0.05, 0) is 51.7 Å². The van der Waals surface area contributed by atoms with Gasteiger partial charge in [0.1, 0.15) is 0 Å². The zero-order valence-corrected chi connectivity index (χ0v) is 14.1. The Morgan fingerprint density at radius 2 is 1.67 bits per heavy atom. The van der Waals surface area contributed by atoms with Gasteiger partial charge in [0, 0.05) is 46.7 Å². The number of aliphatic hydroxyl groups excluding tert-OH is 1. The van der Waals surface area contributed by atoms with E-state index in [9.17, 15) is 4.79 Å². The summed E-state index contributed by atoms with van der Waals surface area (Å²) < 4.78 is 0. The molecular formula is C13H24N2O2W. The van der Waals surface area contributed by atoms with E-state index in [1.54, 1.807) is 0 Å². The summed E-state index contributed by atoms with van der Waals surface area (Å²) in [6, 6.07) is 0. The molecule has 0 aromatic carbocycles. The molecule has 0 spiro atoms. The second-order valence-electron chi connectivity index (χ2n) is 5.53. The monoisotopic (exact) mass is 424 g/mol. The van der Waals surface area contributed by atoms with Crippen molar-refractivity contribution >= 4 is 5.91 Å². The van der Waals surface area contributed by atoms with Crippen LogP contribution in [0.25, 0.3) is 0 Å². The first-order valence-electron chi connectivity index (χ1n) is 6.79. The third-order valence-corrected chi connectivity index (χ3v) is 4.25. The molecule has 2 heterocycles. The number of nitrogens with zero attached hydrogens (tertiary/aromatic N) is 2. The Labute approximate surface area is 124 Å². The molecule has 2 saturated heterocycles. The van der Waals surface area contributed by atoms with Crippen molar-refractivity contribution in [3.8, 4) is 0 Å². The Morgan fingerprint density at radius 3 is 2.17 bits per heavy atom. The molecule has 2 aliphatic rings. The van der Waals surface area contributed by atoms with Crippen molar-refractivity contribution in [2.45, 2.75) is 25.7 Å². The summed E-state index contributed by atoms with van der Waals surface area (Å²) >= 11 is 0. The summed E-state index contributed by atoms with van der Waals surface area (Å²) in [5.74, 6) is 1.02. The SMILES string of the molecule is CN1CCC(C(=O)N2CCC(CO)CC2)CC1.[W]. The van der Waals surface area contributed by atoms with Crippen LogP contribution in [0, 0.1) is 11.8 Å². The van der Waals surface area contributed by atoms with Crippen LogP contribution in [0.5, 0.6) is 0 Å². The number of rotatable bonds is 2. The maximum absolute atomic E-state index is 12.3. The molecule has 0 aliphatic carbocycles. The number of carbonyl (C=O) groups is 1. The molecule has 0 unspecified atom stereocenters. The van der Waals surface area contributed by atoms with Crippen molar-refractivity contribution in [2.24, 2.45) is 11.8 Å². The minimum Gasteiger partial charge on any atom is -0.396 e. The van der Waals surface area contributed by atoms with Gasteiger partial charge in [-0.1, -0.05) is 0 Å². The molecule has 2 aliphatic heterocycles. The van der Waals surface area contributed by atoms with Gasteiger partial charge >= 0.3 is 0 Å².